The maximum atomic E-state index is 12.6. The lowest BCUT2D eigenvalue weighted by atomic mass is 10.0. The van der Waals surface area contributed by atoms with Crippen molar-refractivity contribution in [3.63, 3.8) is 0 Å². The van der Waals surface area contributed by atoms with Crippen molar-refractivity contribution in [3.8, 4) is 5.75 Å². The average Bonchev–Trinajstić information content (AvgIpc) is 3.15. The van der Waals surface area contributed by atoms with E-state index in [4.69, 9.17) is 44.0 Å². The maximum absolute atomic E-state index is 12.6. The highest BCUT2D eigenvalue weighted by Gasteiger charge is 2.18. The Labute approximate surface area is 184 Å². The third kappa shape index (κ3) is 5.47. The van der Waals surface area contributed by atoms with Crippen molar-refractivity contribution in [1.29, 1.82) is 0 Å². The van der Waals surface area contributed by atoms with E-state index in [0.717, 1.165) is 12.0 Å². The molecule has 7 heteroatoms. The zero-order valence-electron chi connectivity index (χ0n) is 16.0. The monoisotopic (exact) mass is 451 g/mol. The number of halogens is 3. The SMILES string of the molecule is CCC(NC(=O)c1ccc(COc2c(Cl)cc(Cl)cc2Cl)o1)c1ccc(C)cc1. The van der Waals surface area contributed by atoms with E-state index in [1.54, 1.807) is 24.3 Å². The number of amides is 1. The molecule has 29 heavy (non-hydrogen) atoms. The van der Waals surface area contributed by atoms with Crippen LogP contribution in [0.25, 0.3) is 0 Å². The fourth-order valence-electron chi connectivity index (χ4n) is 2.84. The Kier molecular flexibility index (Phi) is 7.12. The minimum absolute atomic E-state index is 0.0729. The van der Waals surface area contributed by atoms with Gasteiger partial charge in [-0.2, -0.15) is 0 Å². The molecule has 1 aromatic heterocycles. The summed E-state index contributed by atoms with van der Waals surface area (Å²) in [7, 11) is 0. The fraction of sp³-hybridized carbons (Fsp3) is 0.227. The number of carbonyl (C=O) groups is 1. The fourth-order valence-corrected chi connectivity index (χ4v) is 3.76. The van der Waals surface area contributed by atoms with Crippen molar-refractivity contribution >= 4 is 40.7 Å². The number of furan rings is 1. The topological polar surface area (TPSA) is 51.5 Å². The Morgan fingerprint density at radius 3 is 2.34 bits per heavy atom. The van der Waals surface area contributed by atoms with Gasteiger partial charge in [0.1, 0.15) is 12.4 Å². The predicted molar refractivity (Wildman–Crippen MR) is 116 cm³/mol. The molecule has 1 atom stereocenters. The number of nitrogens with one attached hydrogen (secondary N) is 1. The van der Waals surface area contributed by atoms with Crippen LogP contribution in [-0.4, -0.2) is 5.91 Å². The van der Waals surface area contributed by atoms with Crippen LogP contribution in [0.4, 0.5) is 0 Å². The highest BCUT2D eigenvalue weighted by atomic mass is 35.5. The molecule has 1 unspecified atom stereocenters. The smallest absolute Gasteiger partial charge is 0.287 e. The molecule has 1 heterocycles. The van der Waals surface area contributed by atoms with Crippen LogP contribution in [0.15, 0.2) is 52.9 Å². The molecule has 0 saturated heterocycles. The molecule has 0 aliphatic rings. The van der Waals surface area contributed by atoms with Crippen LogP contribution in [0.1, 0.15) is 46.8 Å². The number of hydrogen-bond acceptors (Lipinski definition) is 3. The van der Waals surface area contributed by atoms with Gasteiger partial charge in [0.15, 0.2) is 11.5 Å². The van der Waals surface area contributed by atoms with Gasteiger partial charge < -0.3 is 14.5 Å². The number of rotatable bonds is 7. The van der Waals surface area contributed by atoms with E-state index in [1.165, 1.54) is 5.56 Å². The minimum Gasteiger partial charge on any atom is -0.483 e. The molecule has 0 bridgehead atoms. The zero-order valence-corrected chi connectivity index (χ0v) is 18.2. The van der Waals surface area contributed by atoms with Gasteiger partial charge in [-0.15, -0.1) is 0 Å². The molecule has 0 aliphatic heterocycles. The summed E-state index contributed by atoms with van der Waals surface area (Å²) in [6.45, 7) is 4.12. The van der Waals surface area contributed by atoms with Gasteiger partial charge in [0.05, 0.1) is 16.1 Å². The largest absolute Gasteiger partial charge is 0.483 e. The second-order valence-corrected chi connectivity index (χ2v) is 7.85. The molecule has 0 fully saturated rings. The number of hydrogen-bond donors (Lipinski definition) is 1. The van der Waals surface area contributed by atoms with E-state index < -0.39 is 0 Å². The zero-order chi connectivity index (χ0) is 21.0. The van der Waals surface area contributed by atoms with Crippen LogP contribution in [0.3, 0.4) is 0 Å². The lowest BCUT2D eigenvalue weighted by Crippen LogP contribution is -2.27. The normalized spacial score (nSPS) is 11.9. The Bertz CT molecular complexity index is 976. The van der Waals surface area contributed by atoms with Gasteiger partial charge in [-0.1, -0.05) is 71.6 Å². The highest BCUT2D eigenvalue weighted by molar-refractivity contribution is 6.40. The summed E-state index contributed by atoms with van der Waals surface area (Å²) in [6.07, 6.45) is 0.763. The van der Waals surface area contributed by atoms with Gasteiger partial charge in [-0.05, 0) is 43.2 Å². The summed E-state index contributed by atoms with van der Waals surface area (Å²) in [5.74, 6) is 0.708. The molecule has 0 spiro atoms. The second-order valence-electron chi connectivity index (χ2n) is 6.60. The van der Waals surface area contributed by atoms with Crippen LogP contribution in [-0.2, 0) is 6.61 Å². The molecule has 3 rings (SSSR count). The molecular weight excluding hydrogens is 433 g/mol. The van der Waals surface area contributed by atoms with Crippen LogP contribution < -0.4 is 10.1 Å². The van der Waals surface area contributed by atoms with Gasteiger partial charge in [-0.25, -0.2) is 0 Å². The van der Waals surface area contributed by atoms with Crippen molar-refractivity contribution < 1.29 is 13.9 Å². The van der Waals surface area contributed by atoms with E-state index in [2.05, 4.69) is 5.32 Å². The van der Waals surface area contributed by atoms with E-state index in [9.17, 15) is 4.79 Å². The molecule has 1 N–H and O–H groups in total. The molecular formula is C22H20Cl3NO3. The summed E-state index contributed by atoms with van der Waals surface area (Å²) in [5.41, 5.74) is 2.22. The van der Waals surface area contributed by atoms with Crippen LogP contribution >= 0.6 is 34.8 Å². The summed E-state index contributed by atoms with van der Waals surface area (Å²) in [4.78, 5) is 12.6. The third-order valence-electron chi connectivity index (χ3n) is 4.40. The summed E-state index contributed by atoms with van der Waals surface area (Å²) < 4.78 is 11.3. The minimum atomic E-state index is -0.286. The first-order valence-electron chi connectivity index (χ1n) is 9.11. The molecule has 0 aliphatic carbocycles. The van der Waals surface area contributed by atoms with Crippen molar-refractivity contribution in [3.05, 3.63) is 86.2 Å². The number of aryl methyl sites for hydroxylation is 1. The molecule has 1 amide bonds. The Balaban J connectivity index is 1.64. The maximum Gasteiger partial charge on any atom is 0.287 e. The van der Waals surface area contributed by atoms with E-state index in [-0.39, 0.29) is 24.3 Å². The Hall–Kier alpha value is -2.14. The lowest BCUT2D eigenvalue weighted by molar-refractivity contribution is 0.0903. The van der Waals surface area contributed by atoms with E-state index >= 15 is 0 Å². The van der Waals surface area contributed by atoms with Crippen LogP contribution in [0.5, 0.6) is 5.75 Å². The number of benzene rings is 2. The van der Waals surface area contributed by atoms with Gasteiger partial charge in [0.25, 0.3) is 5.91 Å². The second kappa shape index (κ2) is 9.57. The lowest BCUT2D eigenvalue weighted by Gasteiger charge is -2.17. The molecule has 0 radical (unpaired) electrons. The molecule has 152 valence electrons. The van der Waals surface area contributed by atoms with Crippen molar-refractivity contribution in [2.75, 3.05) is 0 Å². The average molecular weight is 453 g/mol. The van der Waals surface area contributed by atoms with E-state index in [1.807, 2.05) is 38.1 Å². The number of ether oxygens (including phenoxy) is 1. The summed E-state index contributed by atoms with van der Waals surface area (Å²) in [5, 5.41) is 4.02. The summed E-state index contributed by atoms with van der Waals surface area (Å²) >= 11 is 18.1. The predicted octanol–water partition coefficient (Wildman–Crippen LogP) is 7.01. The van der Waals surface area contributed by atoms with Crippen LogP contribution in [0.2, 0.25) is 15.1 Å². The first kappa shape index (κ1) is 21.6. The van der Waals surface area contributed by atoms with Crippen molar-refractivity contribution in [1.82, 2.24) is 5.32 Å². The molecule has 2 aromatic carbocycles. The first-order valence-corrected chi connectivity index (χ1v) is 10.2. The van der Waals surface area contributed by atoms with Gasteiger partial charge in [0, 0.05) is 5.02 Å². The quantitative estimate of drug-likeness (QED) is 0.419. The Morgan fingerprint density at radius 1 is 1.07 bits per heavy atom. The third-order valence-corrected chi connectivity index (χ3v) is 5.18. The Morgan fingerprint density at radius 2 is 1.72 bits per heavy atom. The van der Waals surface area contributed by atoms with Gasteiger partial charge in [-0.3, -0.25) is 4.79 Å². The van der Waals surface area contributed by atoms with E-state index in [0.29, 0.717) is 26.6 Å². The molecule has 4 nitrogen and oxygen atoms in total. The molecule has 0 saturated carbocycles. The van der Waals surface area contributed by atoms with Crippen molar-refractivity contribution in [2.45, 2.75) is 32.9 Å². The standard InChI is InChI=1S/C22H20Cl3NO3/c1-3-19(14-6-4-13(2)5-7-14)26-22(27)20-9-8-16(29-20)12-28-21-17(24)10-15(23)11-18(21)25/h4-11,19H,3,12H2,1-2H3,(H,26,27). The summed E-state index contributed by atoms with van der Waals surface area (Å²) in [6, 6.07) is 14.4. The van der Waals surface area contributed by atoms with Gasteiger partial charge in [0.2, 0.25) is 0 Å². The highest BCUT2D eigenvalue weighted by Crippen LogP contribution is 2.36. The molecule has 3 aromatic rings. The first-order chi connectivity index (χ1) is 13.9. The van der Waals surface area contributed by atoms with Crippen molar-refractivity contribution in [2.24, 2.45) is 0 Å². The van der Waals surface area contributed by atoms with Gasteiger partial charge >= 0.3 is 0 Å². The van der Waals surface area contributed by atoms with Crippen LogP contribution in [0, 0.1) is 6.92 Å². The number of carbonyl (C=O) groups excluding carboxylic acids is 1.